The van der Waals surface area contributed by atoms with E-state index in [1.165, 1.54) is 12.1 Å². The Bertz CT molecular complexity index is 465. The molecular weight excluding hydrogens is 267 g/mol. The van der Waals surface area contributed by atoms with Crippen LogP contribution in [0.1, 0.15) is 36.0 Å². The van der Waals surface area contributed by atoms with Crippen molar-refractivity contribution < 1.29 is 9.18 Å². The highest BCUT2D eigenvalue weighted by Crippen LogP contribution is 2.23. The highest BCUT2D eigenvalue weighted by Gasteiger charge is 2.28. The number of hydrogen-bond donors (Lipinski definition) is 1. The molecule has 0 radical (unpaired) electrons. The second-order valence-electron chi connectivity index (χ2n) is 4.85. The summed E-state index contributed by atoms with van der Waals surface area (Å²) in [5.74, 6) is -0.818. The van der Waals surface area contributed by atoms with Crippen LogP contribution in [0.25, 0.3) is 0 Å². The number of benzene rings is 1. The summed E-state index contributed by atoms with van der Waals surface area (Å²) in [4.78, 5) is 14.2. The lowest BCUT2D eigenvalue weighted by molar-refractivity contribution is 0.0600. The Morgan fingerprint density at radius 3 is 2.95 bits per heavy atom. The van der Waals surface area contributed by atoms with E-state index in [9.17, 15) is 9.18 Å². The standard InChI is InChI=1S/C14H18ClFN2O/c15-10-4-5-12(13(16)9-10)14(19)18-8-2-1-3-11(18)6-7-17/h4-5,9,11H,1-3,6-8,17H2. The van der Waals surface area contributed by atoms with Crippen LogP contribution in [-0.4, -0.2) is 29.9 Å². The molecular formula is C14H18ClFN2O. The normalized spacial score (nSPS) is 19.5. The van der Waals surface area contributed by atoms with Crippen molar-refractivity contribution in [1.29, 1.82) is 0 Å². The van der Waals surface area contributed by atoms with Crippen molar-refractivity contribution in [1.82, 2.24) is 4.90 Å². The number of carbonyl (C=O) groups is 1. The van der Waals surface area contributed by atoms with Gasteiger partial charge >= 0.3 is 0 Å². The molecule has 1 aliphatic heterocycles. The van der Waals surface area contributed by atoms with Crippen LogP contribution in [0, 0.1) is 5.82 Å². The number of carbonyl (C=O) groups excluding carboxylic acids is 1. The number of piperidine rings is 1. The van der Waals surface area contributed by atoms with Gasteiger partial charge in [0.1, 0.15) is 5.82 Å². The van der Waals surface area contributed by atoms with Crippen LogP contribution in [0.3, 0.4) is 0 Å². The molecule has 19 heavy (non-hydrogen) atoms. The molecule has 1 aromatic carbocycles. The van der Waals surface area contributed by atoms with Gasteiger partial charge in [-0.15, -0.1) is 0 Å². The second kappa shape index (κ2) is 6.35. The van der Waals surface area contributed by atoms with Crippen molar-refractivity contribution in [3.63, 3.8) is 0 Å². The number of nitrogens with two attached hydrogens (primary N) is 1. The van der Waals surface area contributed by atoms with Crippen molar-refractivity contribution in [2.75, 3.05) is 13.1 Å². The van der Waals surface area contributed by atoms with Gasteiger partial charge in [-0.3, -0.25) is 4.79 Å². The molecule has 1 heterocycles. The summed E-state index contributed by atoms with van der Waals surface area (Å²) in [5.41, 5.74) is 5.67. The molecule has 1 saturated heterocycles. The molecule has 1 aliphatic rings. The Labute approximate surface area is 117 Å². The predicted octanol–water partition coefficient (Wildman–Crippen LogP) is 2.82. The highest BCUT2D eigenvalue weighted by molar-refractivity contribution is 6.30. The number of halogens is 2. The number of hydrogen-bond acceptors (Lipinski definition) is 2. The summed E-state index contributed by atoms with van der Waals surface area (Å²) < 4.78 is 13.8. The van der Waals surface area contributed by atoms with E-state index >= 15 is 0 Å². The summed E-state index contributed by atoms with van der Waals surface area (Å²) in [5, 5.41) is 0.297. The third-order valence-electron chi connectivity index (χ3n) is 3.55. The molecule has 1 atom stereocenters. The van der Waals surface area contributed by atoms with Gasteiger partial charge in [0.2, 0.25) is 0 Å². The molecule has 1 unspecified atom stereocenters. The maximum Gasteiger partial charge on any atom is 0.257 e. The zero-order valence-electron chi connectivity index (χ0n) is 10.7. The van der Waals surface area contributed by atoms with Gasteiger partial charge in [-0.05, 0) is 50.4 Å². The Hall–Kier alpha value is -1.13. The molecule has 0 aliphatic carbocycles. The molecule has 0 spiro atoms. The van der Waals surface area contributed by atoms with Gasteiger partial charge in [-0.25, -0.2) is 4.39 Å². The minimum absolute atomic E-state index is 0.0910. The fourth-order valence-electron chi connectivity index (χ4n) is 2.58. The second-order valence-corrected chi connectivity index (χ2v) is 5.29. The predicted molar refractivity (Wildman–Crippen MR) is 73.8 cm³/mol. The monoisotopic (exact) mass is 284 g/mol. The fraction of sp³-hybridized carbons (Fsp3) is 0.500. The Balaban J connectivity index is 2.21. The molecule has 1 fully saturated rings. The smallest absolute Gasteiger partial charge is 0.257 e. The van der Waals surface area contributed by atoms with Crippen molar-refractivity contribution in [2.24, 2.45) is 5.73 Å². The minimum atomic E-state index is -0.561. The molecule has 0 aromatic heterocycles. The molecule has 3 nitrogen and oxygen atoms in total. The van der Waals surface area contributed by atoms with Gasteiger partial charge in [0.05, 0.1) is 5.56 Å². The van der Waals surface area contributed by atoms with E-state index < -0.39 is 5.82 Å². The first-order valence-electron chi connectivity index (χ1n) is 6.59. The van der Waals surface area contributed by atoms with Crippen molar-refractivity contribution >= 4 is 17.5 Å². The van der Waals surface area contributed by atoms with Crippen LogP contribution in [0.4, 0.5) is 4.39 Å². The highest BCUT2D eigenvalue weighted by atomic mass is 35.5. The summed E-state index contributed by atoms with van der Waals surface area (Å²) >= 11 is 5.70. The van der Waals surface area contributed by atoms with Crippen LogP contribution in [-0.2, 0) is 0 Å². The summed E-state index contributed by atoms with van der Waals surface area (Å²) in [7, 11) is 0. The van der Waals surface area contributed by atoms with E-state index in [1.807, 2.05) is 0 Å². The molecule has 5 heteroatoms. The lowest BCUT2D eigenvalue weighted by Crippen LogP contribution is -2.44. The van der Waals surface area contributed by atoms with Crippen LogP contribution in [0.5, 0.6) is 0 Å². The van der Waals surface area contributed by atoms with Crippen molar-refractivity contribution in [2.45, 2.75) is 31.7 Å². The summed E-state index contributed by atoms with van der Waals surface area (Å²) in [6, 6.07) is 4.30. The van der Waals surface area contributed by atoms with E-state index in [1.54, 1.807) is 11.0 Å². The van der Waals surface area contributed by atoms with Crippen LogP contribution in [0.2, 0.25) is 5.02 Å². The lowest BCUT2D eigenvalue weighted by atomic mass is 9.98. The first kappa shape index (κ1) is 14.3. The first-order chi connectivity index (χ1) is 9.13. The van der Waals surface area contributed by atoms with Gasteiger partial charge in [-0.1, -0.05) is 11.6 Å². The summed E-state index contributed by atoms with van der Waals surface area (Å²) in [6.07, 6.45) is 3.76. The molecule has 1 aromatic rings. The third-order valence-corrected chi connectivity index (χ3v) is 3.78. The quantitative estimate of drug-likeness (QED) is 0.928. The topological polar surface area (TPSA) is 46.3 Å². The molecule has 0 bridgehead atoms. The minimum Gasteiger partial charge on any atom is -0.336 e. The lowest BCUT2D eigenvalue weighted by Gasteiger charge is -2.35. The first-order valence-corrected chi connectivity index (χ1v) is 6.97. The van der Waals surface area contributed by atoms with E-state index in [-0.39, 0.29) is 17.5 Å². The van der Waals surface area contributed by atoms with E-state index in [0.717, 1.165) is 25.7 Å². The van der Waals surface area contributed by atoms with E-state index in [0.29, 0.717) is 18.1 Å². The fourth-order valence-corrected chi connectivity index (χ4v) is 2.74. The average Bonchev–Trinajstić information content (AvgIpc) is 2.39. The number of rotatable bonds is 3. The van der Waals surface area contributed by atoms with Crippen molar-refractivity contribution in [3.05, 3.63) is 34.6 Å². The molecule has 2 N–H and O–H groups in total. The van der Waals surface area contributed by atoms with Gasteiger partial charge in [0.15, 0.2) is 0 Å². The van der Waals surface area contributed by atoms with Gasteiger partial charge < -0.3 is 10.6 Å². The molecule has 2 rings (SSSR count). The Morgan fingerprint density at radius 1 is 1.47 bits per heavy atom. The molecule has 1 amide bonds. The number of nitrogens with zero attached hydrogens (tertiary/aromatic N) is 1. The van der Waals surface area contributed by atoms with E-state index in [4.69, 9.17) is 17.3 Å². The van der Waals surface area contributed by atoms with Crippen LogP contribution >= 0.6 is 11.6 Å². The van der Waals surface area contributed by atoms with Gasteiger partial charge in [-0.2, -0.15) is 0 Å². The zero-order valence-corrected chi connectivity index (χ0v) is 11.5. The van der Waals surface area contributed by atoms with Gasteiger partial charge in [0.25, 0.3) is 5.91 Å². The maximum atomic E-state index is 13.8. The molecule has 0 saturated carbocycles. The van der Waals surface area contributed by atoms with Crippen molar-refractivity contribution in [3.8, 4) is 0 Å². The van der Waals surface area contributed by atoms with Crippen LogP contribution < -0.4 is 5.73 Å². The molecule has 104 valence electrons. The Kier molecular flexibility index (Phi) is 4.77. The largest absolute Gasteiger partial charge is 0.336 e. The zero-order chi connectivity index (χ0) is 13.8. The average molecular weight is 285 g/mol. The third kappa shape index (κ3) is 3.25. The van der Waals surface area contributed by atoms with Crippen LogP contribution in [0.15, 0.2) is 18.2 Å². The Morgan fingerprint density at radius 2 is 2.26 bits per heavy atom. The number of amides is 1. The summed E-state index contributed by atoms with van der Waals surface area (Å²) in [6.45, 7) is 1.21. The SMILES string of the molecule is NCCC1CCCCN1C(=O)c1ccc(Cl)cc1F. The van der Waals surface area contributed by atoms with E-state index in [2.05, 4.69) is 0 Å². The maximum absolute atomic E-state index is 13.8. The number of likely N-dealkylation sites (tertiary alicyclic amines) is 1. The van der Waals surface area contributed by atoms with Gasteiger partial charge in [0, 0.05) is 17.6 Å².